The van der Waals surface area contributed by atoms with Crippen LogP contribution in [0.15, 0.2) is 47.6 Å². The molecule has 30 heavy (non-hydrogen) atoms. The second-order valence-corrected chi connectivity index (χ2v) is 9.03. The lowest BCUT2D eigenvalue weighted by Crippen LogP contribution is -2.57. The molecule has 1 saturated carbocycles. The van der Waals surface area contributed by atoms with Crippen LogP contribution in [-0.2, 0) is 10.8 Å². The number of hydrogen-bond acceptors (Lipinski definition) is 6. The highest BCUT2D eigenvalue weighted by molar-refractivity contribution is 7.87. The van der Waals surface area contributed by atoms with Crippen LogP contribution in [0.1, 0.15) is 42.2 Å². The molecular weight excluding hydrogens is 405 g/mol. The van der Waals surface area contributed by atoms with Gasteiger partial charge in [-0.2, -0.15) is 5.26 Å². The summed E-state index contributed by atoms with van der Waals surface area (Å²) in [5, 5.41) is 11.2. The average Bonchev–Trinajstić information content (AvgIpc) is 2.68. The van der Waals surface area contributed by atoms with Gasteiger partial charge in [0.15, 0.2) is 0 Å². The first-order valence-electron chi connectivity index (χ1n) is 9.49. The Bertz CT molecular complexity index is 1010. The van der Waals surface area contributed by atoms with E-state index in [-0.39, 0.29) is 22.3 Å². The zero-order valence-electron chi connectivity index (χ0n) is 16.5. The van der Waals surface area contributed by atoms with Gasteiger partial charge in [-0.05, 0) is 62.6 Å². The number of amidine groups is 1. The molecule has 2 aromatic rings. The standard InChI is InChI=1S/C13H8FN3O.C8H14N2OS/c14-10-2-4-11(5-3-10)17-13(18)12-6-1-9(7-15)8-16-12;1-6-5-12(11)8(3-2-4-8)7(9)10-6/h1-6,8H,(H,17,18);6H,2-5H2,1H3,(H2,9,10). The molecule has 1 spiro atoms. The number of carbonyl (C=O) groups excluding carboxylic acids is 1. The summed E-state index contributed by atoms with van der Waals surface area (Å²) < 4.78 is 24.2. The summed E-state index contributed by atoms with van der Waals surface area (Å²) in [6.07, 6.45) is 4.42. The number of nitrogens with one attached hydrogen (secondary N) is 1. The van der Waals surface area contributed by atoms with E-state index in [0.29, 0.717) is 22.8 Å². The van der Waals surface area contributed by atoms with Crippen LogP contribution < -0.4 is 11.1 Å². The van der Waals surface area contributed by atoms with Crippen molar-refractivity contribution < 1.29 is 13.4 Å². The van der Waals surface area contributed by atoms with Crippen molar-refractivity contribution in [3.05, 3.63) is 59.7 Å². The molecule has 0 bridgehead atoms. The van der Waals surface area contributed by atoms with E-state index in [1.54, 1.807) is 0 Å². The summed E-state index contributed by atoms with van der Waals surface area (Å²) in [6, 6.07) is 10.4. The Morgan fingerprint density at radius 1 is 1.30 bits per heavy atom. The normalized spacial score (nSPS) is 21.3. The minimum absolute atomic E-state index is 0.150. The number of rotatable bonds is 2. The molecule has 1 aliphatic carbocycles. The maximum atomic E-state index is 12.7. The van der Waals surface area contributed by atoms with E-state index in [0.717, 1.165) is 19.3 Å². The Labute approximate surface area is 176 Å². The fraction of sp³-hybridized carbons (Fsp3) is 0.333. The molecule has 0 saturated heterocycles. The number of hydrogen-bond donors (Lipinski definition) is 2. The third kappa shape index (κ3) is 4.71. The van der Waals surface area contributed by atoms with Crippen molar-refractivity contribution in [3.63, 3.8) is 0 Å². The van der Waals surface area contributed by atoms with Crippen LogP contribution in [-0.4, -0.2) is 37.5 Å². The monoisotopic (exact) mass is 427 g/mol. The number of benzene rings is 1. The first kappa shape index (κ1) is 21.6. The molecule has 0 radical (unpaired) electrons. The van der Waals surface area contributed by atoms with E-state index in [4.69, 9.17) is 11.0 Å². The highest BCUT2D eigenvalue weighted by Crippen LogP contribution is 2.40. The molecule has 3 N–H and O–H groups in total. The number of nitriles is 1. The van der Waals surface area contributed by atoms with Gasteiger partial charge in [0.25, 0.3) is 5.91 Å². The zero-order valence-corrected chi connectivity index (χ0v) is 17.3. The number of nitrogens with zero attached hydrogens (tertiary/aromatic N) is 3. The number of nitrogens with two attached hydrogens (primary N) is 1. The van der Waals surface area contributed by atoms with Crippen LogP contribution in [0.2, 0.25) is 0 Å². The van der Waals surface area contributed by atoms with Gasteiger partial charge < -0.3 is 11.1 Å². The molecule has 7 nitrogen and oxygen atoms in total. The Morgan fingerprint density at radius 2 is 2.00 bits per heavy atom. The van der Waals surface area contributed by atoms with Crippen LogP contribution in [0.5, 0.6) is 0 Å². The number of carbonyl (C=O) groups is 1. The molecule has 1 aromatic carbocycles. The number of aliphatic imine (C=N–C) groups is 1. The highest BCUT2D eigenvalue weighted by Gasteiger charge is 2.48. The second kappa shape index (κ2) is 9.13. The Balaban J connectivity index is 0.000000184. The number of aromatic nitrogens is 1. The predicted molar refractivity (Wildman–Crippen MR) is 114 cm³/mol. The SMILES string of the molecule is CC1CS(=O)C2(CCC2)C(N)=N1.N#Cc1ccc(C(=O)Nc2ccc(F)cc2)nc1. The molecule has 1 amide bonds. The van der Waals surface area contributed by atoms with Crippen LogP contribution >= 0.6 is 0 Å². The molecule has 2 heterocycles. The minimum atomic E-state index is -0.773. The van der Waals surface area contributed by atoms with Gasteiger partial charge in [0, 0.05) is 28.4 Å². The lowest BCUT2D eigenvalue weighted by atomic mass is 9.83. The third-order valence-corrected chi connectivity index (χ3v) is 7.32. The molecule has 2 atom stereocenters. The summed E-state index contributed by atoms with van der Waals surface area (Å²) in [5.74, 6) is 0.558. The van der Waals surface area contributed by atoms with E-state index in [9.17, 15) is 13.4 Å². The molecule has 1 aromatic heterocycles. The third-order valence-electron chi connectivity index (χ3n) is 5.04. The second-order valence-electron chi connectivity index (χ2n) is 7.23. The lowest BCUT2D eigenvalue weighted by Gasteiger charge is -2.43. The summed E-state index contributed by atoms with van der Waals surface area (Å²) >= 11 is 0. The maximum absolute atomic E-state index is 12.7. The fourth-order valence-corrected chi connectivity index (χ4v) is 5.05. The quantitative estimate of drug-likeness (QED) is 0.763. The largest absolute Gasteiger partial charge is 0.386 e. The van der Waals surface area contributed by atoms with Crippen molar-refractivity contribution in [1.82, 2.24) is 4.98 Å². The van der Waals surface area contributed by atoms with Crippen molar-refractivity contribution in [2.24, 2.45) is 10.7 Å². The van der Waals surface area contributed by atoms with E-state index >= 15 is 0 Å². The van der Waals surface area contributed by atoms with Gasteiger partial charge in [0.05, 0.1) is 11.6 Å². The van der Waals surface area contributed by atoms with Crippen molar-refractivity contribution >= 4 is 28.2 Å². The van der Waals surface area contributed by atoms with Crippen molar-refractivity contribution in [1.29, 1.82) is 5.26 Å². The predicted octanol–water partition coefficient (Wildman–Crippen LogP) is 2.76. The van der Waals surface area contributed by atoms with Gasteiger partial charge in [-0.25, -0.2) is 9.37 Å². The van der Waals surface area contributed by atoms with Gasteiger partial charge in [-0.3, -0.25) is 14.0 Å². The molecule has 156 valence electrons. The van der Waals surface area contributed by atoms with E-state index in [2.05, 4.69) is 15.3 Å². The first-order chi connectivity index (χ1) is 14.3. The van der Waals surface area contributed by atoms with Crippen molar-refractivity contribution in [3.8, 4) is 6.07 Å². The van der Waals surface area contributed by atoms with E-state index in [1.165, 1.54) is 42.6 Å². The van der Waals surface area contributed by atoms with Crippen LogP contribution in [0.3, 0.4) is 0 Å². The summed E-state index contributed by atoms with van der Waals surface area (Å²) in [4.78, 5) is 19.9. The number of pyridine rings is 1. The van der Waals surface area contributed by atoms with Crippen LogP contribution in [0.4, 0.5) is 10.1 Å². The van der Waals surface area contributed by atoms with Gasteiger partial charge in [-0.15, -0.1) is 0 Å². The van der Waals surface area contributed by atoms with E-state index in [1.807, 2.05) is 13.0 Å². The molecule has 4 rings (SSSR count). The van der Waals surface area contributed by atoms with Crippen LogP contribution in [0.25, 0.3) is 0 Å². The lowest BCUT2D eigenvalue weighted by molar-refractivity contribution is 0.102. The molecule has 1 aliphatic heterocycles. The molecule has 2 aliphatic rings. The smallest absolute Gasteiger partial charge is 0.274 e. The Hall–Kier alpha value is -3.12. The van der Waals surface area contributed by atoms with Crippen molar-refractivity contribution in [2.75, 3.05) is 11.1 Å². The van der Waals surface area contributed by atoms with Crippen molar-refractivity contribution in [2.45, 2.75) is 37.0 Å². The number of halogens is 1. The Kier molecular flexibility index (Phi) is 6.57. The zero-order chi connectivity index (χ0) is 21.7. The molecule has 9 heteroatoms. The first-order valence-corrected chi connectivity index (χ1v) is 10.8. The minimum Gasteiger partial charge on any atom is -0.386 e. The summed E-state index contributed by atoms with van der Waals surface area (Å²) in [5.41, 5.74) is 6.87. The van der Waals surface area contributed by atoms with Gasteiger partial charge >= 0.3 is 0 Å². The summed E-state index contributed by atoms with van der Waals surface area (Å²) in [7, 11) is -0.773. The Morgan fingerprint density at radius 3 is 2.50 bits per heavy atom. The maximum Gasteiger partial charge on any atom is 0.274 e. The van der Waals surface area contributed by atoms with Gasteiger partial charge in [0.2, 0.25) is 0 Å². The number of amides is 1. The summed E-state index contributed by atoms with van der Waals surface area (Å²) in [6.45, 7) is 1.97. The molecular formula is C21H22FN5O2S. The van der Waals surface area contributed by atoms with Gasteiger partial charge in [0.1, 0.15) is 28.2 Å². The van der Waals surface area contributed by atoms with Gasteiger partial charge in [-0.1, -0.05) is 0 Å². The fourth-order valence-electron chi connectivity index (χ4n) is 3.19. The number of anilines is 1. The molecule has 1 fully saturated rings. The van der Waals surface area contributed by atoms with E-state index < -0.39 is 16.7 Å². The molecule has 2 unspecified atom stereocenters. The highest BCUT2D eigenvalue weighted by atomic mass is 32.2. The topological polar surface area (TPSA) is 121 Å². The van der Waals surface area contributed by atoms with Crippen LogP contribution in [0, 0.1) is 17.1 Å². The average molecular weight is 428 g/mol.